The third-order valence-electron chi connectivity index (χ3n) is 4.18. The summed E-state index contributed by atoms with van der Waals surface area (Å²) in [6.45, 7) is 7.68. The van der Waals surface area contributed by atoms with Gasteiger partial charge in [-0.1, -0.05) is 22.0 Å². The Labute approximate surface area is 124 Å². The number of halogens is 1. The van der Waals surface area contributed by atoms with E-state index >= 15 is 0 Å². The van der Waals surface area contributed by atoms with Gasteiger partial charge in [0.25, 0.3) is 0 Å². The van der Waals surface area contributed by atoms with Crippen LogP contribution in [0.5, 0.6) is 0 Å². The molecule has 3 heteroatoms. The van der Waals surface area contributed by atoms with Crippen molar-refractivity contribution in [1.29, 1.82) is 5.26 Å². The maximum atomic E-state index is 8.91. The van der Waals surface area contributed by atoms with Gasteiger partial charge in [-0.2, -0.15) is 5.26 Å². The number of hydrogen-bond donors (Lipinski definition) is 0. The monoisotopic (exact) mass is 320 g/mol. The number of aryl methyl sites for hydroxylation is 1. The van der Waals surface area contributed by atoms with Crippen LogP contribution in [-0.4, -0.2) is 12.1 Å². The van der Waals surface area contributed by atoms with Gasteiger partial charge in [0.15, 0.2) is 0 Å². The van der Waals surface area contributed by atoms with Crippen molar-refractivity contribution in [3.8, 4) is 6.07 Å². The summed E-state index contributed by atoms with van der Waals surface area (Å²) in [6.07, 6.45) is 2.97. The highest BCUT2D eigenvalue weighted by atomic mass is 79.9. The normalized spacial score (nSPS) is 22.1. The van der Waals surface area contributed by atoms with Gasteiger partial charge in [0, 0.05) is 28.7 Å². The maximum absolute atomic E-state index is 8.91. The second-order valence-corrected chi connectivity index (χ2v) is 6.98. The van der Waals surface area contributed by atoms with Crippen molar-refractivity contribution in [2.75, 3.05) is 11.4 Å². The van der Waals surface area contributed by atoms with Crippen LogP contribution >= 0.6 is 15.9 Å². The lowest BCUT2D eigenvalue weighted by molar-refractivity contribution is 0.293. The Bertz CT molecular complexity index is 502. The number of anilines is 1. The molecule has 102 valence electrons. The number of hydrogen-bond acceptors (Lipinski definition) is 2. The first-order valence-electron chi connectivity index (χ1n) is 6.85. The quantitative estimate of drug-likeness (QED) is 0.792. The molecule has 2 rings (SSSR count). The van der Waals surface area contributed by atoms with Crippen LogP contribution in [-0.2, 0) is 0 Å². The summed E-state index contributed by atoms with van der Waals surface area (Å²) in [4.78, 5) is 2.46. The van der Waals surface area contributed by atoms with E-state index in [0.717, 1.165) is 23.9 Å². The predicted octanol–water partition coefficient (Wildman–Crippen LogP) is 4.67. The van der Waals surface area contributed by atoms with Crippen LogP contribution in [0.3, 0.4) is 0 Å². The first-order chi connectivity index (χ1) is 8.94. The fourth-order valence-corrected chi connectivity index (χ4v) is 3.16. The SMILES string of the molecule is Cc1ccc(N2CC(CC#N)CCC2(C)C)cc1Br. The second-order valence-electron chi connectivity index (χ2n) is 6.12. The number of nitrogens with zero attached hydrogens (tertiary/aromatic N) is 2. The lowest BCUT2D eigenvalue weighted by Crippen LogP contribution is -2.50. The summed E-state index contributed by atoms with van der Waals surface area (Å²) in [6, 6.07) is 8.87. The molecule has 1 saturated heterocycles. The molecule has 0 N–H and O–H groups in total. The topological polar surface area (TPSA) is 27.0 Å². The molecule has 0 spiro atoms. The van der Waals surface area contributed by atoms with Crippen LogP contribution in [0.25, 0.3) is 0 Å². The van der Waals surface area contributed by atoms with E-state index in [-0.39, 0.29) is 5.54 Å². The van der Waals surface area contributed by atoms with E-state index in [2.05, 4.69) is 65.9 Å². The zero-order valence-corrected chi connectivity index (χ0v) is 13.5. The van der Waals surface area contributed by atoms with E-state index < -0.39 is 0 Å². The molecule has 0 amide bonds. The summed E-state index contributed by atoms with van der Waals surface area (Å²) >= 11 is 3.62. The Morgan fingerprint density at radius 1 is 1.47 bits per heavy atom. The smallest absolute Gasteiger partial charge is 0.0625 e. The highest BCUT2D eigenvalue weighted by Crippen LogP contribution is 2.37. The molecule has 0 aliphatic carbocycles. The van der Waals surface area contributed by atoms with Crippen LogP contribution < -0.4 is 4.90 Å². The first kappa shape index (κ1) is 14.4. The standard InChI is InChI=1S/C16H21BrN2/c1-12-4-5-14(10-15(12)17)19-11-13(7-9-18)6-8-16(19,2)3/h4-5,10,13H,6-8,11H2,1-3H3. The van der Waals surface area contributed by atoms with E-state index in [1.54, 1.807) is 0 Å². The summed E-state index contributed by atoms with van der Waals surface area (Å²) in [7, 11) is 0. The minimum Gasteiger partial charge on any atom is -0.366 e. The molecule has 1 unspecified atom stereocenters. The van der Waals surface area contributed by atoms with Gasteiger partial charge < -0.3 is 4.90 Å². The van der Waals surface area contributed by atoms with Crippen molar-refractivity contribution in [3.63, 3.8) is 0 Å². The Kier molecular flexibility index (Phi) is 4.20. The lowest BCUT2D eigenvalue weighted by atomic mass is 9.83. The molecular formula is C16H21BrN2. The Morgan fingerprint density at radius 2 is 2.21 bits per heavy atom. The van der Waals surface area contributed by atoms with Gasteiger partial charge >= 0.3 is 0 Å². The molecule has 1 aliphatic rings. The highest BCUT2D eigenvalue weighted by molar-refractivity contribution is 9.10. The predicted molar refractivity (Wildman–Crippen MR) is 83.3 cm³/mol. The van der Waals surface area contributed by atoms with Crippen LogP contribution in [0.4, 0.5) is 5.69 Å². The Morgan fingerprint density at radius 3 is 2.84 bits per heavy atom. The molecule has 0 saturated carbocycles. The minimum absolute atomic E-state index is 0.167. The average molecular weight is 321 g/mol. The van der Waals surface area contributed by atoms with Gasteiger partial charge in [-0.15, -0.1) is 0 Å². The fraction of sp³-hybridized carbons (Fsp3) is 0.562. The van der Waals surface area contributed by atoms with Gasteiger partial charge in [0.05, 0.1) is 6.07 Å². The van der Waals surface area contributed by atoms with Gasteiger partial charge in [0.1, 0.15) is 0 Å². The number of benzene rings is 1. The van der Waals surface area contributed by atoms with Gasteiger partial charge in [-0.05, 0) is 57.2 Å². The van der Waals surface area contributed by atoms with Crippen molar-refractivity contribution in [1.82, 2.24) is 0 Å². The van der Waals surface area contributed by atoms with E-state index in [4.69, 9.17) is 5.26 Å². The molecule has 1 aromatic rings. The lowest BCUT2D eigenvalue weighted by Gasteiger charge is -2.47. The van der Waals surface area contributed by atoms with Crippen molar-refractivity contribution >= 4 is 21.6 Å². The van der Waals surface area contributed by atoms with E-state index in [9.17, 15) is 0 Å². The highest BCUT2D eigenvalue weighted by Gasteiger charge is 2.34. The summed E-state index contributed by atoms with van der Waals surface area (Å²) in [5, 5.41) is 8.91. The number of rotatable bonds is 2. The van der Waals surface area contributed by atoms with Gasteiger partial charge in [0.2, 0.25) is 0 Å². The summed E-state index contributed by atoms with van der Waals surface area (Å²) in [5.74, 6) is 0.498. The van der Waals surface area contributed by atoms with E-state index in [0.29, 0.717) is 12.3 Å². The molecule has 2 nitrogen and oxygen atoms in total. The van der Waals surface area contributed by atoms with Crippen molar-refractivity contribution in [2.24, 2.45) is 5.92 Å². The minimum atomic E-state index is 0.167. The Hall–Kier alpha value is -1.01. The number of nitriles is 1. The van der Waals surface area contributed by atoms with Crippen LogP contribution in [0.2, 0.25) is 0 Å². The molecule has 1 aromatic carbocycles. The molecule has 0 bridgehead atoms. The van der Waals surface area contributed by atoms with E-state index in [1.165, 1.54) is 11.3 Å². The molecule has 19 heavy (non-hydrogen) atoms. The molecule has 0 radical (unpaired) electrons. The third kappa shape index (κ3) is 3.12. The largest absolute Gasteiger partial charge is 0.366 e. The van der Waals surface area contributed by atoms with Crippen LogP contribution in [0.15, 0.2) is 22.7 Å². The van der Waals surface area contributed by atoms with Crippen molar-refractivity contribution in [2.45, 2.75) is 45.6 Å². The molecule has 1 heterocycles. The van der Waals surface area contributed by atoms with E-state index in [1.807, 2.05) is 0 Å². The fourth-order valence-electron chi connectivity index (χ4n) is 2.79. The summed E-state index contributed by atoms with van der Waals surface area (Å²) < 4.78 is 1.16. The zero-order chi connectivity index (χ0) is 14.0. The molecule has 1 atom stereocenters. The maximum Gasteiger partial charge on any atom is 0.0625 e. The second kappa shape index (κ2) is 5.54. The van der Waals surface area contributed by atoms with Crippen LogP contribution in [0.1, 0.15) is 38.7 Å². The Balaban J connectivity index is 2.28. The molecular weight excluding hydrogens is 300 g/mol. The van der Waals surface area contributed by atoms with Crippen molar-refractivity contribution in [3.05, 3.63) is 28.2 Å². The zero-order valence-electron chi connectivity index (χ0n) is 11.9. The average Bonchev–Trinajstić information content (AvgIpc) is 2.35. The van der Waals surface area contributed by atoms with Crippen LogP contribution in [0, 0.1) is 24.2 Å². The molecule has 0 aromatic heterocycles. The number of piperidine rings is 1. The van der Waals surface area contributed by atoms with Gasteiger partial charge in [-0.25, -0.2) is 0 Å². The van der Waals surface area contributed by atoms with Gasteiger partial charge in [-0.3, -0.25) is 0 Å². The molecule has 1 aliphatic heterocycles. The third-order valence-corrected chi connectivity index (χ3v) is 5.04. The summed E-state index contributed by atoms with van der Waals surface area (Å²) in [5.41, 5.74) is 2.68. The van der Waals surface area contributed by atoms with Crippen molar-refractivity contribution < 1.29 is 0 Å². The molecule has 1 fully saturated rings. The first-order valence-corrected chi connectivity index (χ1v) is 7.64.